The number of benzene rings is 1. The summed E-state index contributed by atoms with van der Waals surface area (Å²) < 4.78 is 5.02. The van der Waals surface area contributed by atoms with Crippen LogP contribution in [0.4, 0.5) is 0 Å². The molecule has 0 aliphatic rings. The molecule has 1 atom stereocenters. The number of phenolic OH excluding ortho intramolecular Hbond substituents is 1. The van der Waals surface area contributed by atoms with Crippen molar-refractivity contribution < 1.29 is 14.6 Å². The summed E-state index contributed by atoms with van der Waals surface area (Å²) in [5, 5.41) is 12.4. The standard InChI is InChI=1S/C12H17NO3S/c1-8(7-17-3)13-12(15)10-6-9(16-2)4-5-11(10)14/h4-6,8,14H,7H2,1-3H3,(H,13,15). The summed E-state index contributed by atoms with van der Waals surface area (Å²) in [4.78, 5) is 11.9. The van der Waals surface area contributed by atoms with Gasteiger partial charge in [0.15, 0.2) is 0 Å². The fourth-order valence-corrected chi connectivity index (χ4v) is 2.00. The van der Waals surface area contributed by atoms with Gasteiger partial charge >= 0.3 is 0 Å². The van der Waals surface area contributed by atoms with Crippen molar-refractivity contribution in [3.05, 3.63) is 23.8 Å². The summed E-state index contributed by atoms with van der Waals surface area (Å²) in [5.74, 6) is 1.05. The first-order valence-corrected chi connectivity index (χ1v) is 6.64. The molecule has 5 heteroatoms. The quantitative estimate of drug-likeness (QED) is 0.843. The zero-order valence-electron chi connectivity index (χ0n) is 10.2. The van der Waals surface area contributed by atoms with Crippen LogP contribution in [0.1, 0.15) is 17.3 Å². The van der Waals surface area contributed by atoms with Crippen LogP contribution in [0.3, 0.4) is 0 Å². The lowest BCUT2D eigenvalue weighted by atomic mass is 10.1. The van der Waals surface area contributed by atoms with Gasteiger partial charge < -0.3 is 15.2 Å². The van der Waals surface area contributed by atoms with Crippen LogP contribution in [0.15, 0.2) is 18.2 Å². The van der Waals surface area contributed by atoms with E-state index in [9.17, 15) is 9.90 Å². The molecule has 2 N–H and O–H groups in total. The van der Waals surface area contributed by atoms with Gasteiger partial charge in [0.25, 0.3) is 5.91 Å². The second-order valence-corrected chi connectivity index (χ2v) is 4.62. The molecule has 1 rings (SSSR count). The third-order valence-corrected chi connectivity index (χ3v) is 3.08. The van der Waals surface area contributed by atoms with Crippen LogP contribution in [-0.2, 0) is 0 Å². The number of aromatic hydroxyl groups is 1. The van der Waals surface area contributed by atoms with E-state index in [4.69, 9.17) is 4.74 Å². The lowest BCUT2D eigenvalue weighted by Crippen LogP contribution is -2.34. The molecule has 1 amide bonds. The Morgan fingerprint density at radius 1 is 1.59 bits per heavy atom. The molecular formula is C12H17NO3S. The minimum Gasteiger partial charge on any atom is -0.507 e. The molecule has 0 saturated heterocycles. The first-order valence-electron chi connectivity index (χ1n) is 5.25. The van der Waals surface area contributed by atoms with Crippen molar-refractivity contribution in [1.82, 2.24) is 5.32 Å². The van der Waals surface area contributed by atoms with E-state index in [1.807, 2.05) is 13.2 Å². The molecule has 1 aromatic carbocycles. The third-order valence-electron chi connectivity index (χ3n) is 2.24. The van der Waals surface area contributed by atoms with Crippen LogP contribution in [0.2, 0.25) is 0 Å². The number of hydrogen-bond donors (Lipinski definition) is 2. The number of phenols is 1. The van der Waals surface area contributed by atoms with Gasteiger partial charge in [0, 0.05) is 11.8 Å². The predicted molar refractivity (Wildman–Crippen MR) is 70.0 cm³/mol. The number of hydrogen-bond acceptors (Lipinski definition) is 4. The minimum atomic E-state index is -0.289. The SMILES string of the molecule is COc1ccc(O)c(C(=O)NC(C)CSC)c1. The van der Waals surface area contributed by atoms with Crippen LogP contribution >= 0.6 is 11.8 Å². The largest absolute Gasteiger partial charge is 0.507 e. The van der Waals surface area contributed by atoms with Gasteiger partial charge in [0.1, 0.15) is 11.5 Å². The van der Waals surface area contributed by atoms with Crippen molar-refractivity contribution in [2.24, 2.45) is 0 Å². The highest BCUT2D eigenvalue weighted by molar-refractivity contribution is 7.98. The molecular weight excluding hydrogens is 238 g/mol. The van der Waals surface area contributed by atoms with E-state index in [0.29, 0.717) is 5.75 Å². The van der Waals surface area contributed by atoms with Crippen LogP contribution in [0.5, 0.6) is 11.5 Å². The molecule has 0 heterocycles. The Hall–Kier alpha value is -1.36. The van der Waals surface area contributed by atoms with E-state index in [1.165, 1.54) is 19.2 Å². The molecule has 1 unspecified atom stereocenters. The smallest absolute Gasteiger partial charge is 0.255 e. The number of thioether (sulfide) groups is 1. The number of carbonyl (C=O) groups excluding carboxylic acids is 1. The maximum Gasteiger partial charge on any atom is 0.255 e. The molecule has 0 spiro atoms. The fraction of sp³-hybridized carbons (Fsp3) is 0.417. The van der Waals surface area contributed by atoms with Crippen molar-refractivity contribution in [2.45, 2.75) is 13.0 Å². The van der Waals surface area contributed by atoms with Crippen LogP contribution in [0.25, 0.3) is 0 Å². The van der Waals surface area contributed by atoms with Gasteiger partial charge in [-0.15, -0.1) is 0 Å². The van der Waals surface area contributed by atoms with Crippen molar-refractivity contribution in [3.8, 4) is 11.5 Å². The lowest BCUT2D eigenvalue weighted by molar-refractivity contribution is 0.0940. The monoisotopic (exact) mass is 255 g/mol. The molecule has 94 valence electrons. The highest BCUT2D eigenvalue weighted by Crippen LogP contribution is 2.22. The predicted octanol–water partition coefficient (Wildman–Crippen LogP) is 1.88. The summed E-state index contributed by atoms with van der Waals surface area (Å²) in [6.07, 6.45) is 1.98. The zero-order valence-corrected chi connectivity index (χ0v) is 11.0. The molecule has 4 nitrogen and oxygen atoms in total. The van der Waals surface area contributed by atoms with Gasteiger partial charge in [0.2, 0.25) is 0 Å². The topological polar surface area (TPSA) is 58.6 Å². The summed E-state index contributed by atoms with van der Waals surface area (Å²) in [6, 6.07) is 4.64. The molecule has 0 saturated carbocycles. The van der Waals surface area contributed by atoms with Gasteiger partial charge in [0.05, 0.1) is 12.7 Å². The zero-order chi connectivity index (χ0) is 12.8. The molecule has 0 fully saturated rings. The maximum atomic E-state index is 11.9. The number of nitrogens with one attached hydrogen (secondary N) is 1. The van der Waals surface area contributed by atoms with Crippen LogP contribution in [-0.4, -0.2) is 36.2 Å². The minimum absolute atomic E-state index is 0.0420. The highest BCUT2D eigenvalue weighted by atomic mass is 32.2. The molecule has 0 aliphatic carbocycles. The molecule has 17 heavy (non-hydrogen) atoms. The van der Waals surface area contributed by atoms with E-state index >= 15 is 0 Å². The Bertz CT molecular complexity index is 395. The lowest BCUT2D eigenvalue weighted by Gasteiger charge is -2.13. The highest BCUT2D eigenvalue weighted by Gasteiger charge is 2.14. The number of methoxy groups -OCH3 is 1. The van der Waals surface area contributed by atoms with Crippen molar-refractivity contribution in [3.63, 3.8) is 0 Å². The Balaban J connectivity index is 2.80. The van der Waals surface area contributed by atoms with Crippen molar-refractivity contribution in [1.29, 1.82) is 0 Å². The average molecular weight is 255 g/mol. The molecule has 0 radical (unpaired) electrons. The normalized spacial score (nSPS) is 11.9. The summed E-state index contributed by atoms with van der Waals surface area (Å²) in [5.41, 5.74) is 0.234. The van der Waals surface area contributed by atoms with Gasteiger partial charge in [-0.25, -0.2) is 0 Å². The van der Waals surface area contributed by atoms with E-state index < -0.39 is 0 Å². The second kappa shape index (κ2) is 6.39. The molecule has 0 bridgehead atoms. The summed E-state index contributed by atoms with van der Waals surface area (Å²) >= 11 is 1.66. The van der Waals surface area contributed by atoms with E-state index in [1.54, 1.807) is 17.8 Å². The van der Waals surface area contributed by atoms with Gasteiger partial charge in [-0.1, -0.05) is 0 Å². The van der Waals surface area contributed by atoms with Gasteiger partial charge in [-0.05, 0) is 31.4 Å². The Morgan fingerprint density at radius 2 is 2.29 bits per heavy atom. The second-order valence-electron chi connectivity index (χ2n) is 3.71. The average Bonchev–Trinajstić information content (AvgIpc) is 2.29. The van der Waals surface area contributed by atoms with E-state index in [2.05, 4.69) is 5.32 Å². The number of ether oxygens (including phenoxy) is 1. The van der Waals surface area contributed by atoms with Crippen molar-refractivity contribution in [2.75, 3.05) is 19.1 Å². The van der Waals surface area contributed by atoms with Crippen LogP contribution < -0.4 is 10.1 Å². The maximum absolute atomic E-state index is 11.9. The van der Waals surface area contributed by atoms with E-state index in [-0.39, 0.29) is 23.3 Å². The number of rotatable bonds is 5. The first-order chi connectivity index (χ1) is 8.08. The molecule has 0 aromatic heterocycles. The number of amides is 1. The van der Waals surface area contributed by atoms with Crippen LogP contribution in [0, 0.1) is 0 Å². The Labute approximate surface area is 105 Å². The molecule has 0 aliphatic heterocycles. The molecule has 1 aromatic rings. The number of carbonyl (C=O) groups is 1. The van der Waals surface area contributed by atoms with Gasteiger partial charge in [-0.2, -0.15) is 11.8 Å². The van der Waals surface area contributed by atoms with E-state index in [0.717, 1.165) is 5.75 Å². The Kier molecular flexibility index (Phi) is 5.15. The van der Waals surface area contributed by atoms with Crippen molar-refractivity contribution >= 4 is 17.7 Å². The first kappa shape index (κ1) is 13.7. The fourth-order valence-electron chi connectivity index (χ4n) is 1.42. The summed E-state index contributed by atoms with van der Waals surface area (Å²) in [7, 11) is 1.52. The summed E-state index contributed by atoms with van der Waals surface area (Å²) in [6.45, 7) is 1.92. The third kappa shape index (κ3) is 3.85. The van der Waals surface area contributed by atoms with Gasteiger partial charge in [-0.3, -0.25) is 4.79 Å². The Morgan fingerprint density at radius 3 is 2.88 bits per heavy atom.